The lowest BCUT2D eigenvalue weighted by atomic mass is 9.91. The molecular weight excluding hydrogens is 400 g/mol. The predicted octanol–water partition coefficient (Wildman–Crippen LogP) is 2.33. The van der Waals surface area contributed by atoms with Crippen molar-refractivity contribution in [3.63, 3.8) is 0 Å². The lowest BCUT2D eigenvalue weighted by Gasteiger charge is -2.22. The van der Waals surface area contributed by atoms with Crippen LogP contribution in [0.3, 0.4) is 0 Å². The topological polar surface area (TPSA) is 132 Å². The summed E-state index contributed by atoms with van der Waals surface area (Å²) in [6.45, 7) is 6.18. The Kier molecular flexibility index (Phi) is 5.66. The highest BCUT2D eigenvalue weighted by Crippen LogP contribution is 2.29. The fourth-order valence-corrected chi connectivity index (χ4v) is 3.71. The predicted molar refractivity (Wildman–Crippen MR) is 109 cm³/mol. The van der Waals surface area contributed by atoms with Crippen LogP contribution in [0.25, 0.3) is 0 Å². The molecule has 0 radical (unpaired) electrons. The van der Waals surface area contributed by atoms with Crippen LogP contribution < -0.4 is 5.32 Å². The third-order valence-electron chi connectivity index (χ3n) is 5.36. The molecule has 9 heteroatoms. The molecule has 1 atom stereocenters. The van der Waals surface area contributed by atoms with Crippen LogP contribution in [0.5, 0.6) is 0 Å². The molecule has 0 saturated carbocycles. The molecule has 2 N–H and O–H groups in total. The van der Waals surface area contributed by atoms with Crippen molar-refractivity contribution in [2.75, 3.05) is 13.2 Å². The highest BCUT2D eigenvalue weighted by molar-refractivity contribution is 6.12. The fraction of sp³-hybridized carbons (Fsp3) is 0.318. The van der Waals surface area contributed by atoms with E-state index in [4.69, 9.17) is 10.00 Å². The average Bonchev–Trinajstić information content (AvgIpc) is 3.16. The quantitative estimate of drug-likeness (QED) is 0.417. The number of nitriles is 1. The second-order valence-electron chi connectivity index (χ2n) is 7.40. The van der Waals surface area contributed by atoms with Gasteiger partial charge in [0.2, 0.25) is 0 Å². The third-order valence-corrected chi connectivity index (χ3v) is 5.36. The van der Waals surface area contributed by atoms with Gasteiger partial charge < -0.3 is 15.0 Å². The maximum absolute atomic E-state index is 13.1. The summed E-state index contributed by atoms with van der Waals surface area (Å²) >= 11 is 0. The van der Waals surface area contributed by atoms with E-state index in [9.17, 15) is 19.2 Å². The lowest BCUT2D eigenvalue weighted by molar-refractivity contribution is -0.130. The zero-order valence-corrected chi connectivity index (χ0v) is 17.7. The van der Waals surface area contributed by atoms with Crippen LogP contribution in [0, 0.1) is 25.2 Å². The lowest BCUT2D eigenvalue weighted by Crippen LogP contribution is -2.41. The number of carbonyl (C=O) groups excluding carboxylic acids is 4. The van der Waals surface area contributed by atoms with Crippen molar-refractivity contribution >= 4 is 23.7 Å². The van der Waals surface area contributed by atoms with E-state index in [1.54, 1.807) is 52.0 Å². The first-order valence-corrected chi connectivity index (χ1v) is 9.68. The molecule has 1 aliphatic rings. The number of benzene rings is 1. The SMILES string of the molecule is CCOC(=O)c1[nH]c(C)c(C(=O)CN2C(=O)N[C@](C)(c3ccc(C#N)cc3)C2=O)c1C. The minimum atomic E-state index is -1.36. The molecule has 31 heavy (non-hydrogen) atoms. The average molecular weight is 422 g/mol. The zero-order valence-electron chi connectivity index (χ0n) is 17.7. The summed E-state index contributed by atoms with van der Waals surface area (Å²) in [7, 11) is 0. The summed E-state index contributed by atoms with van der Waals surface area (Å²) in [6, 6.07) is 7.59. The smallest absolute Gasteiger partial charge is 0.355 e. The van der Waals surface area contributed by atoms with Gasteiger partial charge in [-0.1, -0.05) is 12.1 Å². The maximum atomic E-state index is 13.1. The number of amides is 3. The number of ketones is 1. The Morgan fingerprint density at radius 2 is 1.84 bits per heavy atom. The largest absolute Gasteiger partial charge is 0.461 e. The Hall–Kier alpha value is -3.93. The second-order valence-corrected chi connectivity index (χ2v) is 7.40. The van der Waals surface area contributed by atoms with Crippen molar-refractivity contribution in [2.24, 2.45) is 0 Å². The Bertz CT molecular complexity index is 1130. The van der Waals surface area contributed by atoms with Crippen LogP contribution in [0.1, 0.15) is 57.1 Å². The summed E-state index contributed by atoms with van der Waals surface area (Å²) < 4.78 is 4.99. The van der Waals surface area contributed by atoms with Gasteiger partial charge in [-0.15, -0.1) is 0 Å². The van der Waals surface area contributed by atoms with Crippen molar-refractivity contribution < 1.29 is 23.9 Å². The molecule has 160 valence electrons. The summed E-state index contributed by atoms with van der Waals surface area (Å²) in [5.74, 6) is -1.63. The van der Waals surface area contributed by atoms with Gasteiger partial charge in [0.05, 0.1) is 24.8 Å². The number of aromatic nitrogens is 1. The van der Waals surface area contributed by atoms with Gasteiger partial charge in [-0.2, -0.15) is 5.26 Å². The number of H-pyrrole nitrogens is 1. The summed E-state index contributed by atoms with van der Waals surface area (Å²) in [5, 5.41) is 11.6. The van der Waals surface area contributed by atoms with E-state index in [0.29, 0.717) is 22.4 Å². The van der Waals surface area contributed by atoms with Gasteiger partial charge in [0.15, 0.2) is 5.78 Å². The number of Topliss-reactive ketones (excluding diaryl/α,β-unsaturated/α-hetero) is 1. The van der Waals surface area contributed by atoms with Gasteiger partial charge in [0.25, 0.3) is 5.91 Å². The minimum Gasteiger partial charge on any atom is -0.461 e. The number of urea groups is 1. The number of hydrogen-bond donors (Lipinski definition) is 2. The van der Waals surface area contributed by atoms with Crippen LogP contribution in [0.2, 0.25) is 0 Å². The Morgan fingerprint density at radius 3 is 2.42 bits per heavy atom. The first-order chi connectivity index (χ1) is 14.6. The molecule has 1 fully saturated rings. The van der Waals surface area contributed by atoms with Crippen molar-refractivity contribution in [2.45, 2.75) is 33.2 Å². The molecule has 1 aromatic carbocycles. The van der Waals surface area contributed by atoms with Gasteiger partial charge in [0.1, 0.15) is 11.2 Å². The number of carbonyl (C=O) groups is 4. The van der Waals surface area contributed by atoms with Crippen LogP contribution >= 0.6 is 0 Å². The first-order valence-electron chi connectivity index (χ1n) is 9.68. The summed E-state index contributed by atoms with van der Waals surface area (Å²) in [4.78, 5) is 54.4. The molecule has 9 nitrogen and oxygen atoms in total. The van der Waals surface area contributed by atoms with Crippen LogP contribution in [0.4, 0.5) is 4.79 Å². The van der Waals surface area contributed by atoms with E-state index in [1.165, 1.54) is 0 Å². The number of ether oxygens (including phenoxy) is 1. The van der Waals surface area contributed by atoms with Crippen molar-refractivity contribution in [3.8, 4) is 6.07 Å². The Morgan fingerprint density at radius 1 is 1.19 bits per heavy atom. The molecule has 2 heterocycles. The van der Waals surface area contributed by atoms with E-state index in [1.807, 2.05) is 6.07 Å². The van der Waals surface area contributed by atoms with Crippen LogP contribution in [0.15, 0.2) is 24.3 Å². The van der Waals surface area contributed by atoms with E-state index < -0.39 is 35.8 Å². The molecule has 3 amide bonds. The monoisotopic (exact) mass is 422 g/mol. The first kappa shape index (κ1) is 21.8. The number of rotatable bonds is 6. The molecule has 1 aromatic heterocycles. The Balaban J connectivity index is 1.86. The zero-order chi connectivity index (χ0) is 22.9. The standard InChI is InChI=1S/C22H22N4O5/c1-5-31-19(28)18-12(2)17(13(3)24-18)16(27)11-26-20(29)22(4,25-21(26)30)15-8-6-14(10-23)7-9-15/h6-9,24H,5,11H2,1-4H3,(H,25,30)/t22-/m1/s1. The number of nitrogens with one attached hydrogen (secondary N) is 2. The van der Waals surface area contributed by atoms with Gasteiger partial charge >= 0.3 is 12.0 Å². The molecule has 0 aliphatic carbocycles. The second kappa shape index (κ2) is 8.07. The molecule has 0 bridgehead atoms. The molecule has 0 spiro atoms. The fourth-order valence-electron chi connectivity index (χ4n) is 3.71. The molecule has 0 unspecified atom stereocenters. The number of esters is 1. The van der Waals surface area contributed by atoms with Crippen molar-refractivity contribution in [3.05, 3.63) is 57.9 Å². The Labute approximate surface area is 179 Å². The molecule has 1 saturated heterocycles. The number of aromatic amines is 1. The number of aryl methyl sites for hydroxylation is 1. The van der Waals surface area contributed by atoms with E-state index in [-0.39, 0.29) is 17.9 Å². The molecular formula is C22H22N4O5. The molecule has 2 aromatic rings. The number of nitrogens with zero attached hydrogens (tertiary/aromatic N) is 2. The highest BCUT2D eigenvalue weighted by Gasteiger charge is 2.49. The van der Waals surface area contributed by atoms with Crippen LogP contribution in [-0.2, 0) is 15.1 Å². The highest BCUT2D eigenvalue weighted by atomic mass is 16.5. The van der Waals surface area contributed by atoms with Gasteiger partial charge in [0, 0.05) is 11.3 Å². The minimum absolute atomic E-state index is 0.169. The van der Waals surface area contributed by atoms with Crippen molar-refractivity contribution in [1.82, 2.24) is 15.2 Å². The van der Waals surface area contributed by atoms with E-state index >= 15 is 0 Å². The third kappa shape index (κ3) is 3.68. The summed E-state index contributed by atoms with van der Waals surface area (Å²) in [6.07, 6.45) is 0. The number of hydrogen-bond acceptors (Lipinski definition) is 6. The van der Waals surface area contributed by atoms with Gasteiger partial charge in [-0.3, -0.25) is 14.5 Å². The van der Waals surface area contributed by atoms with E-state index in [2.05, 4.69) is 10.3 Å². The molecule has 3 rings (SSSR count). The maximum Gasteiger partial charge on any atom is 0.355 e. The van der Waals surface area contributed by atoms with Crippen molar-refractivity contribution in [1.29, 1.82) is 5.26 Å². The van der Waals surface area contributed by atoms with Gasteiger partial charge in [-0.05, 0) is 51.0 Å². The van der Waals surface area contributed by atoms with Gasteiger partial charge in [-0.25, -0.2) is 9.59 Å². The van der Waals surface area contributed by atoms with Crippen LogP contribution in [-0.4, -0.2) is 46.7 Å². The number of imide groups is 1. The molecule has 1 aliphatic heterocycles. The normalized spacial score (nSPS) is 18.0. The van der Waals surface area contributed by atoms with E-state index in [0.717, 1.165) is 4.90 Å². The summed E-state index contributed by atoms with van der Waals surface area (Å²) in [5.41, 5.74) is 0.836.